The highest BCUT2D eigenvalue weighted by Gasteiger charge is 2.11. The normalized spacial score (nSPS) is 10.8. The molecule has 122 valence electrons. The maximum Gasteiger partial charge on any atom is 0.251 e. The highest BCUT2D eigenvalue weighted by atomic mass is 35.5. The maximum atomic E-state index is 12.1. The third kappa shape index (κ3) is 3.84. The van der Waals surface area contributed by atoms with Gasteiger partial charge in [-0.25, -0.2) is 4.98 Å². The van der Waals surface area contributed by atoms with Crippen LogP contribution in [-0.4, -0.2) is 17.4 Å². The van der Waals surface area contributed by atoms with Crippen molar-refractivity contribution in [1.82, 2.24) is 10.3 Å². The van der Waals surface area contributed by atoms with Crippen LogP contribution in [0.3, 0.4) is 0 Å². The molecule has 0 unspecified atom stereocenters. The Morgan fingerprint density at radius 3 is 2.71 bits per heavy atom. The van der Waals surface area contributed by atoms with E-state index in [0.717, 1.165) is 11.1 Å². The Morgan fingerprint density at radius 1 is 1.25 bits per heavy atom. The van der Waals surface area contributed by atoms with Crippen LogP contribution in [0.1, 0.15) is 28.7 Å². The summed E-state index contributed by atoms with van der Waals surface area (Å²) in [5.74, 6) is 0.453. The molecule has 0 atom stereocenters. The van der Waals surface area contributed by atoms with E-state index in [2.05, 4.69) is 16.9 Å². The predicted octanol–water partition coefficient (Wildman–Crippen LogP) is 4.38. The van der Waals surface area contributed by atoms with Crippen LogP contribution in [0.4, 0.5) is 0 Å². The number of hydrogen-bond donors (Lipinski definition) is 1. The molecular formula is C19H17ClN2O2. The standard InChI is InChI=1S/C19H17ClN2O2/c1-12(2)11-21-19(23)14-5-8-17-16(10-14)22-18(24-17)9-13-3-6-15(20)7-4-13/h3-8,10H,1,9,11H2,2H3,(H,21,23). The SMILES string of the molecule is C=C(C)CNC(=O)c1ccc2oc(Cc3ccc(Cl)cc3)nc2c1. The van der Waals surface area contributed by atoms with Crippen molar-refractivity contribution in [2.75, 3.05) is 6.54 Å². The van der Waals surface area contributed by atoms with Crippen LogP contribution in [0.15, 0.2) is 59.0 Å². The molecular weight excluding hydrogens is 324 g/mol. The number of fused-ring (bicyclic) bond motifs is 1. The van der Waals surface area contributed by atoms with E-state index in [1.807, 2.05) is 31.2 Å². The van der Waals surface area contributed by atoms with Crippen molar-refractivity contribution in [3.8, 4) is 0 Å². The predicted molar refractivity (Wildman–Crippen MR) is 95.4 cm³/mol. The highest BCUT2D eigenvalue weighted by molar-refractivity contribution is 6.30. The molecule has 0 aliphatic heterocycles. The molecule has 0 aliphatic carbocycles. The van der Waals surface area contributed by atoms with Crippen molar-refractivity contribution in [2.24, 2.45) is 0 Å². The minimum absolute atomic E-state index is 0.151. The molecule has 4 nitrogen and oxygen atoms in total. The van der Waals surface area contributed by atoms with Crippen LogP contribution in [0.5, 0.6) is 0 Å². The van der Waals surface area contributed by atoms with Gasteiger partial charge in [0.2, 0.25) is 0 Å². The molecule has 0 fully saturated rings. The Kier molecular flexibility index (Phi) is 4.67. The van der Waals surface area contributed by atoms with Crippen molar-refractivity contribution >= 4 is 28.6 Å². The summed E-state index contributed by atoms with van der Waals surface area (Å²) >= 11 is 5.89. The number of rotatable bonds is 5. The van der Waals surface area contributed by atoms with Gasteiger partial charge >= 0.3 is 0 Å². The summed E-state index contributed by atoms with van der Waals surface area (Å²) in [5.41, 5.74) is 3.84. The Hall–Kier alpha value is -2.59. The lowest BCUT2D eigenvalue weighted by Crippen LogP contribution is -2.24. The fraction of sp³-hybridized carbons (Fsp3) is 0.158. The molecule has 3 rings (SSSR count). The smallest absolute Gasteiger partial charge is 0.251 e. The van der Waals surface area contributed by atoms with Crippen LogP contribution >= 0.6 is 11.6 Å². The summed E-state index contributed by atoms with van der Waals surface area (Å²) < 4.78 is 5.75. The van der Waals surface area contributed by atoms with Crippen LogP contribution in [0.2, 0.25) is 5.02 Å². The Balaban J connectivity index is 1.79. The fourth-order valence-electron chi connectivity index (χ4n) is 2.30. The second-order valence-electron chi connectivity index (χ2n) is 5.73. The minimum atomic E-state index is -0.151. The summed E-state index contributed by atoms with van der Waals surface area (Å²) in [6.45, 7) is 6.09. The summed E-state index contributed by atoms with van der Waals surface area (Å²) in [7, 11) is 0. The zero-order chi connectivity index (χ0) is 17.1. The number of amides is 1. The molecule has 0 radical (unpaired) electrons. The molecule has 1 heterocycles. The quantitative estimate of drug-likeness (QED) is 0.701. The maximum absolute atomic E-state index is 12.1. The lowest BCUT2D eigenvalue weighted by Gasteiger charge is -2.03. The molecule has 1 aromatic heterocycles. The van der Waals surface area contributed by atoms with Gasteiger partial charge in [-0.3, -0.25) is 4.79 Å². The second-order valence-corrected chi connectivity index (χ2v) is 6.17. The number of hydrogen-bond acceptors (Lipinski definition) is 3. The number of nitrogens with one attached hydrogen (secondary N) is 1. The monoisotopic (exact) mass is 340 g/mol. The van der Waals surface area contributed by atoms with Gasteiger partial charge in [0.25, 0.3) is 5.91 Å². The van der Waals surface area contributed by atoms with Crippen molar-refractivity contribution in [2.45, 2.75) is 13.3 Å². The molecule has 1 amide bonds. The van der Waals surface area contributed by atoms with Crippen molar-refractivity contribution in [3.05, 3.63) is 76.7 Å². The first-order valence-corrected chi connectivity index (χ1v) is 7.95. The van der Waals surface area contributed by atoms with Gasteiger partial charge < -0.3 is 9.73 Å². The molecule has 0 saturated heterocycles. The molecule has 0 spiro atoms. The third-order valence-corrected chi connectivity index (χ3v) is 3.77. The van der Waals surface area contributed by atoms with E-state index in [9.17, 15) is 4.79 Å². The van der Waals surface area contributed by atoms with Gasteiger partial charge in [0.1, 0.15) is 5.52 Å². The van der Waals surface area contributed by atoms with E-state index >= 15 is 0 Å². The molecule has 0 aliphatic rings. The zero-order valence-corrected chi connectivity index (χ0v) is 14.1. The number of nitrogens with zero attached hydrogens (tertiary/aromatic N) is 1. The lowest BCUT2D eigenvalue weighted by molar-refractivity contribution is 0.0957. The lowest BCUT2D eigenvalue weighted by atomic mass is 10.1. The molecule has 24 heavy (non-hydrogen) atoms. The van der Waals surface area contributed by atoms with E-state index in [4.69, 9.17) is 16.0 Å². The fourth-order valence-corrected chi connectivity index (χ4v) is 2.43. The van der Waals surface area contributed by atoms with Crippen molar-refractivity contribution in [1.29, 1.82) is 0 Å². The highest BCUT2D eigenvalue weighted by Crippen LogP contribution is 2.20. The average molecular weight is 341 g/mol. The van der Waals surface area contributed by atoms with Gasteiger partial charge in [-0.05, 0) is 42.8 Å². The third-order valence-electron chi connectivity index (χ3n) is 3.51. The van der Waals surface area contributed by atoms with E-state index < -0.39 is 0 Å². The number of oxazole rings is 1. The first-order valence-electron chi connectivity index (χ1n) is 7.58. The molecule has 3 aromatic rings. The second kappa shape index (κ2) is 6.89. The van der Waals surface area contributed by atoms with Gasteiger partial charge in [-0.1, -0.05) is 35.9 Å². The van der Waals surface area contributed by atoms with Gasteiger partial charge in [-0.15, -0.1) is 0 Å². The van der Waals surface area contributed by atoms with Crippen LogP contribution in [0, 0.1) is 0 Å². The molecule has 5 heteroatoms. The van der Waals surface area contributed by atoms with Crippen LogP contribution < -0.4 is 5.32 Å². The first-order chi connectivity index (χ1) is 11.5. The van der Waals surface area contributed by atoms with Gasteiger partial charge in [0.15, 0.2) is 11.5 Å². The molecule has 1 N–H and O–H groups in total. The number of carbonyl (C=O) groups is 1. The number of benzene rings is 2. The minimum Gasteiger partial charge on any atom is -0.440 e. The first kappa shape index (κ1) is 16.3. The van der Waals surface area contributed by atoms with Crippen molar-refractivity contribution in [3.63, 3.8) is 0 Å². The average Bonchev–Trinajstić information content (AvgIpc) is 2.96. The number of carbonyl (C=O) groups excluding carboxylic acids is 1. The molecule has 2 aromatic carbocycles. The summed E-state index contributed by atoms with van der Waals surface area (Å²) in [4.78, 5) is 16.6. The largest absolute Gasteiger partial charge is 0.440 e. The Bertz CT molecular complexity index is 897. The summed E-state index contributed by atoms with van der Waals surface area (Å²) in [6, 6.07) is 12.8. The summed E-state index contributed by atoms with van der Waals surface area (Å²) in [6.07, 6.45) is 0.572. The Morgan fingerprint density at radius 2 is 2.00 bits per heavy atom. The van der Waals surface area contributed by atoms with E-state index in [-0.39, 0.29) is 5.91 Å². The summed E-state index contributed by atoms with van der Waals surface area (Å²) in [5, 5.41) is 3.50. The van der Waals surface area contributed by atoms with E-state index in [0.29, 0.717) is 40.5 Å². The number of aromatic nitrogens is 1. The Labute approximate surface area is 145 Å². The number of halogens is 1. The molecule has 0 saturated carbocycles. The van der Waals surface area contributed by atoms with E-state index in [1.54, 1.807) is 18.2 Å². The zero-order valence-electron chi connectivity index (χ0n) is 13.3. The van der Waals surface area contributed by atoms with Gasteiger partial charge in [-0.2, -0.15) is 0 Å². The topological polar surface area (TPSA) is 55.1 Å². The van der Waals surface area contributed by atoms with Crippen molar-refractivity contribution < 1.29 is 9.21 Å². The van der Waals surface area contributed by atoms with Crippen LogP contribution in [0.25, 0.3) is 11.1 Å². The van der Waals surface area contributed by atoms with Gasteiger partial charge in [0.05, 0.1) is 0 Å². The van der Waals surface area contributed by atoms with Gasteiger partial charge in [0, 0.05) is 23.6 Å². The van der Waals surface area contributed by atoms with Crippen LogP contribution in [-0.2, 0) is 6.42 Å². The molecule has 0 bridgehead atoms. The van der Waals surface area contributed by atoms with E-state index in [1.165, 1.54) is 0 Å².